The Hall–Kier alpha value is -3.43. The summed E-state index contributed by atoms with van der Waals surface area (Å²) in [6.45, 7) is 1.32. The van der Waals surface area contributed by atoms with Gasteiger partial charge in [-0.25, -0.2) is 8.78 Å². The van der Waals surface area contributed by atoms with Gasteiger partial charge < -0.3 is 16.2 Å². The summed E-state index contributed by atoms with van der Waals surface area (Å²) >= 11 is 0. The van der Waals surface area contributed by atoms with Crippen molar-refractivity contribution < 1.29 is 28.3 Å². The minimum Gasteiger partial charge on any atom is -0.378 e. The van der Waals surface area contributed by atoms with E-state index >= 15 is 0 Å². The summed E-state index contributed by atoms with van der Waals surface area (Å²) < 4.78 is 27.2. The second kappa shape index (κ2) is 9.80. The fourth-order valence-electron chi connectivity index (χ4n) is 3.46. The van der Waals surface area contributed by atoms with Gasteiger partial charge >= 0.3 is 0 Å². The molecule has 1 aliphatic rings. The lowest BCUT2D eigenvalue weighted by molar-refractivity contribution is -0.156. The average Bonchev–Trinajstić information content (AvgIpc) is 2.95. The minimum atomic E-state index is -2.09. The number of carbonyl (C=O) groups is 3. The van der Waals surface area contributed by atoms with E-state index in [0.717, 1.165) is 17.7 Å². The van der Waals surface area contributed by atoms with Crippen molar-refractivity contribution in [1.82, 2.24) is 10.2 Å². The van der Waals surface area contributed by atoms with Gasteiger partial charge in [-0.15, -0.1) is 0 Å². The van der Waals surface area contributed by atoms with Crippen LogP contribution in [0, 0.1) is 11.6 Å². The summed E-state index contributed by atoms with van der Waals surface area (Å²) in [5.74, 6) is -4.81. The number of benzene rings is 2. The highest BCUT2D eigenvalue weighted by Gasteiger charge is 2.39. The number of aliphatic hydroxyl groups is 1. The number of carbonyl (C=O) groups excluding carboxylic acids is 3. The molecule has 9 heteroatoms. The van der Waals surface area contributed by atoms with Gasteiger partial charge in [0.1, 0.15) is 17.7 Å². The topological polar surface area (TPSA) is 113 Å². The molecule has 1 heterocycles. The number of aliphatic hydroxyl groups excluding tert-OH is 1. The fourth-order valence-corrected chi connectivity index (χ4v) is 3.46. The summed E-state index contributed by atoms with van der Waals surface area (Å²) in [4.78, 5) is 39.4. The van der Waals surface area contributed by atoms with Crippen LogP contribution in [-0.4, -0.2) is 39.8 Å². The Morgan fingerprint density at radius 1 is 1.12 bits per heavy atom. The van der Waals surface area contributed by atoms with Crippen LogP contribution in [0.3, 0.4) is 0 Å². The van der Waals surface area contributed by atoms with E-state index in [4.69, 9.17) is 5.73 Å². The van der Waals surface area contributed by atoms with Crippen LogP contribution in [0.1, 0.15) is 36.6 Å². The molecule has 1 aliphatic heterocycles. The quantitative estimate of drug-likeness (QED) is 0.611. The SMILES string of the molecule is C[C@H](N)C(=O)N(C(=O)[C@@H](O)c1cc(F)cc(F)c1)[C@H]1C=CC[C@@H](c2ccccc2)NC1=O. The zero-order valence-corrected chi connectivity index (χ0v) is 17.2. The van der Waals surface area contributed by atoms with Gasteiger partial charge in [0.15, 0.2) is 6.10 Å². The van der Waals surface area contributed by atoms with Crippen LogP contribution in [-0.2, 0) is 14.4 Å². The molecule has 0 aliphatic carbocycles. The largest absolute Gasteiger partial charge is 0.378 e. The molecular weight excluding hydrogens is 420 g/mol. The number of imide groups is 1. The van der Waals surface area contributed by atoms with Crippen molar-refractivity contribution in [2.24, 2.45) is 5.73 Å². The smallest absolute Gasteiger partial charge is 0.263 e. The number of hydrogen-bond acceptors (Lipinski definition) is 5. The van der Waals surface area contributed by atoms with Gasteiger partial charge in [0.2, 0.25) is 11.8 Å². The summed E-state index contributed by atoms with van der Waals surface area (Å²) in [6, 6.07) is 8.28. The van der Waals surface area contributed by atoms with E-state index in [0.29, 0.717) is 17.4 Å². The minimum absolute atomic E-state index is 0.393. The molecule has 4 N–H and O–H groups in total. The first-order valence-corrected chi connectivity index (χ1v) is 9.97. The number of rotatable bonds is 5. The zero-order chi connectivity index (χ0) is 23.4. The Labute approximate surface area is 183 Å². The molecule has 3 amide bonds. The van der Waals surface area contributed by atoms with Gasteiger partial charge in [-0.05, 0) is 36.6 Å². The van der Waals surface area contributed by atoms with E-state index in [1.165, 1.54) is 13.0 Å². The highest BCUT2D eigenvalue weighted by molar-refractivity contribution is 6.04. The summed E-state index contributed by atoms with van der Waals surface area (Å²) in [6.07, 6.45) is 1.33. The monoisotopic (exact) mass is 443 g/mol. The highest BCUT2D eigenvalue weighted by atomic mass is 19.1. The summed E-state index contributed by atoms with van der Waals surface area (Å²) in [7, 11) is 0. The van der Waals surface area contributed by atoms with Crippen LogP contribution >= 0.6 is 0 Å². The van der Waals surface area contributed by atoms with Gasteiger partial charge in [0.25, 0.3) is 5.91 Å². The van der Waals surface area contributed by atoms with E-state index in [1.807, 2.05) is 30.3 Å². The number of hydrogen-bond donors (Lipinski definition) is 3. The van der Waals surface area contributed by atoms with Crippen molar-refractivity contribution >= 4 is 17.7 Å². The maximum absolute atomic E-state index is 13.6. The van der Waals surface area contributed by atoms with Crippen molar-refractivity contribution in [3.8, 4) is 0 Å². The van der Waals surface area contributed by atoms with E-state index in [-0.39, 0.29) is 0 Å². The van der Waals surface area contributed by atoms with Crippen LogP contribution in [0.4, 0.5) is 8.78 Å². The maximum atomic E-state index is 13.6. The van der Waals surface area contributed by atoms with E-state index in [1.54, 1.807) is 6.08 Å². The molecule has 3 rings (SSSR count). The first-order chi connectivity index (χ1) is 15.2. The number of halogens is 2. The normalized spacial score (nSPS) is 20.1. The summed E-state index contributed by atoms with van der Waals surface area (Å²) in [5, 5.41) is 13.3. The molecule has 168 valence electrons. The summed E-state index contributed by atoms with van der Waals surface area (Å²) in [5.41, 5.74) is 6.11. The van der Waals surface area contributed by atoms with E-state index in [2.05, 4.69) is 5.32 Å². The molecular formula is C23H23F2N3O4. The molecule has 0 saturated carbocycles. The molecule has 0 fully saturated rings. The fraction of sp³-hybridized carbons (Fsp3) is 0.261. The number of nitrogens with one attached hydrogen (secondary N) is 1. The maximum Gasteiger partial charge on any atom is 0.263 e. The Balaban J connectivity index is 1.92. The van der Waals surface area contributed by atoms with Gasteiger partial charge in [0, 0.05) is 6.07 Å². The highest BCUT2D eigenvalue weighted by Crippen LogP contribution is 2.24. The lowest BCUT2D eigenvalue weighted by Gasteiger charge is -2.30. The van der Waals surface area contributed by atoms with Crippen LogP contribution in [0.5, 0.6) is 0 Å². The van der Waals surface area contributed by atoms with E-state index in [9.17, 15) is 28.3 Å². The second-order valence-electron chi connectivity index (χ2n) is 7.52. The predicted molar refractivity (Wildman–Crippen MR) is 112 cm³/mol. The van der Waals surface area contributed by atoms with Crippen molar-refractivity contribution in [3.63, 3.8) is 0 Å². The van der Waals surface area contributed by atoms with Crippen molar-refractivity contribution in [2.45, 2.75) is 37.6 Å². The first-order valence-electron chi connectivity index (χ1n) is 9.97. The Morgan fingerprint density at radius 3 is 2.34 bits per heavy atom. The molecule has 0 saturated heterocycles. The molecule has 0 aromatic heterocycles. The second-order valence-corrected chi connectivity index (χ2v) is 7.52. The molecule has 0 unspecified atom stereocenters. The molecule has 7 nitrogen and oxygen atoms in total. The number of amides is 3. The van der Waals surface area contributed by atoms with Gasteiger partial charge in [0.05, 0.1) is 12.1 Å². The molecule has 4 atom stereocenters. The number of nitrogens with two attached hydrogens (primary N) is 1. The van der Waals surface area contributed by atoms with E-state index < -0.39 is 59.1 Å². The van der Waals surface area contributed by atoms with Gasteiger partial charge in [-0.1, -0.05) is 42.5 Å². The average molecular weight is 443 g/mol. The Morgan fingerprint density at radius 2 is 1.75 bits per heavy atom. The van der Waals surface area contributed by atoms with Crippen LogP contribution < -0.4 is 11.1 Å². The third-order valence-electron chi connectivity index (χ3n) is 5.05. The third kappa shape index (κ3) is 5.06. The van der Waals surface area contributed by atoms with Gasteiger partial charge in [-0.3, -0.25) is 19.3 Å². The molecule has 0 spiro atoms. The Bertz CT molecular complexity index is 1020. The van der Waals surface area contributed by atoms with Gasteiger partial charge in [-0.2, -0.15) is 0 Å². The molecule has 0 radical (unpaired) electrons. The van der Waals surface area contributed by atoms with Crippen molar-refractivity contribution in [2.75, 3.05) is 0 Å². The third-order valence-corrected chi connectivity index (χ3v) is 5.05. The predicted octanol–water partition coefficient (Wildman–Crippen LogP) is 1.89. The first kappa shape index (κ1) is 23.2. The van der Waals surface area contributed by atoms with Crippen molar-refractivity contribution in [1.29, 1.82) is 0 Å². The standard InChI is InChI=1S/C23H23F2N3O4/c1-13(26)22(31)28(23(32)20(29)15-10-16(24)12-17(25)11-15)19-9-5-8-18(27-21(19)30)14-6-3-2-4-7-14/h2-7,9-13,18-20,29H,8,26H2,1H3,(H,27,30)/t13-,18-,19-,20-/m0/s1. The molecule has 2 aromatic rings. The Kier molecular flexibility index (Phi) is 7.12. The van der Waals surface area contributed by atoms with Crippen LogP contribution in [0.25, 0.3) is 0 Å². The molecule has 0 bridgehead atoms. The number of nitrogens with zero attached hydrogens (tertiary/aromatic N) is 1. The van der Waals surface area contributed by atoms with Crippen LogP contribution in [0.15, 0.2) is 60.7 Å². The van der Waals surface area contributed by atoms with Crippen LogP contribution in [0.2, 0.25) is 0 Å². The zero-order valence-electron chi connectivity index (χ0n) is 17.2. The lowest BCUT2D eigenvalue weighted by Crippen LogP contribution is -2.56. The lowest BCUT2D eigenvalue weighted by atomic mass is 10.0. The van der Waals surface area contributed by atoms with Crippen molar-refractivity contribution in [3.05, 3.63) is 83.4 Å². The molecule has 32 heavy (non-hydrogen) atoms. The molecule has 2 aromatic carbocycles.